The molecule has 0 radical (unpaired) electrons. The van der Waals surface area contributed by atoms with Crippen LogP contribution in [0.2, 0.25) is 0 Å². The Kier molecular flexibility index (Phi) is 5.70. The van der Waals surface area contributed by atoms with Crippen LogP contribution in [0.5, 0.6) is 5.75 Å². The van der Waals surface area contributed by atoms with Crippen LogP contribution < -0.4 is 10.1 Å². The maximum Gasteiger partial charge on any atom is 0.387 e. The summed E-state index contributed by atoms with van der Waals surface area (Å²) < 4.78 is 30.3. The van der Waals surface area contributed by atoms with Crippen molar-refractivity contribution in [2.45, 2.75) is 26.1 Å². The second kappa shape index (κ2) is 7.52. The third-order valence-electron chi connectivity index (χ3n) is 3.16. The Labute approximate surface area is 131 Å². The summed E-state index contributed by atoms with van der Waals surface area (Å²) in [5, 5.41) is 3.31. The van der Waals surface area contributed by atoms with E-state index in [-0.39, 0.29) is 11.8 Å². The van der Waals surface area contributed by atoms with Crippen LogP contribution in [-0.2, 0) is 6.54 Å². The molecule has 0 unspecified atom stereocenters. The minimum atomic E-state index is -2.81. The van der Waals surface area contributed by atoms with Gasteiger partial charge in [-0.05, 0) is 24.6 Å². The topological polar surface area (TPSA) is 21.3 Å². The number of nitrogens with one attached hydrogen (secondary N) is 1. The molecule has 0 spiro atoms. The first-order valence-electron chi connectivity index (χ1n) is 6.58. The molecule has 0 fully saturated rings. The zero-order chi connectivity index (χ0) is 15.2. The normalized spacial score (nSPS) is 12.4. The molecule has 0 heterocycles. The molecule has 1 N–H and O–H groups in total. The molecular formula is C16H16BrF2NO. The smallest absolute Gasteiger partial charge is 0.387 e. The van der Waals surface area contributed by atoms with Gasteiger partial charge >= 0.3 is 6.61 Å². The molecule has 112 valence electrons. The SMILES string of the molecule is C[C@H](NCc1ccccc1OC(F)F)c1ccccc1Br. The van der Waals surface area contributed by atoms with Crippen LogP contribution in [-0.4, -0.2) is 6.61 Å². The Morgan fingerprint density at radius 2 is 1.76 bits per heavy atom. The summed E-state index contributed by atoms with van der Waals surface area (Å²) in [7, 11) is 0. The Morgan fingerprint density at radius 1 is 1.10 bits per heavy atom. The lowest BCUT2D eigenvalue weighted by Gasteiger charge is -2.17. The van der Waals surface area contributed by atoms with Crippen LogP contribution in [0.4, 0.5) is 8.78 Å². The highest BCUT2D eigenvalue weighted by Crippen LogP contribution is 2.25. The van der Waals surface area contributed by atoms with E-state index < -0.39 is 6.61 Å². The van der Waals surface area contributed by atoms with E-state index in [0.717, 1.165) is 10.0 Å². The first kappa shape index (κ1) is 15.9. The quantitative estimate of drug-likeness (QED) is 0.795. The predicted molar refractivity (Wildman–Crippen MR) is 82.5 cm³/mol. The molecule has 2 aromatic carbocycles. The zero-order valence-corrected chi connectivity index (χ0v) is 13.1. The third kappa shape index (κ3) is 4.51. The van der Waals surface area contributed by atoms with Crippen molar-refractivity contribution in [2.75, 3.05) is 0 Å². The Morgan fingerprint density at radius 3 is 2.48 bits per heavy atom. The summed E-state index contributed by atoms with van der Waals surface area (Å²) in [6, 6.07) is 14.8. The van der Waals surface area contributed by atoms with Gasteiger partial charge in [-0.2, -0.15) is 8.78 Å². The van der Waals surface area contributed by atoms with Gasteiger partial charge in [0.1, 0.15) is 5.75 Å². The molecule has 0 aliphatic carbocycles. The van der Waals surface area contributed by atoms with Crippen LogP contribution in [0.3, 0.4) is 0 Å². The van der Waals surface area contributed by atoms with Gasteiger partial charge in [0.05, 0.1) is 0 Å². The van der Waals surface area contributed by atoms with E-state index in [1.54, 1.807) is 24.3 Å². The largest absolute Gasteiger partial charge is 0.434 e. The Bertz CT molecular complexity index is 592. The molecule has 2 nitrogen and oxygen atoms in total. The van der Waals surface area contributed by atoms with Gasteiger partial charge in [-0.15, -0.1) is 0 Å². The van der Waals surface area contributed by atoms with Crippen LogP contribution in [0.25, 0.3) is 0 Å². The minimum absolute atomic E-state index is 0.0835. The molecule has 2 aromatic rings. The highest BCUT2D eigenvalue weighted by Gasteiger charge is 2.12. The van der Waals surface area contributed by atoms with Gasteiger partial charge in [0.15, 0.2) is 0 Å². The second-order valence-corrected chi connectivity index (χ2v) is 5.46. The number of hydrogen-bond acceptors (Lipinski definition) is 2. The summed E-state index contributed by atoms with van der Waals surface area (Å²) in [6.07, 6.45) is 0. The van der Waals surface area contributed by atoms with E-state index in [0.29, 0.717) is 12.1 Å². The zero-order valence-electron chi connectivity index (χ0n) is 11.5. The van der Waals surface area contributed by atoms with Gasteiger partial charge in [0.2, 0.25) is 0 Å². The Hall–Kier alpha value is -1.46. The van der Waals surface area contributed by atoms with Crippen molar-refractivity contribution in [3.8, 4) is 5.75 Å². The highest BCUT2D eigenvalue weighted by atomic mass is 79.9. The van der Waals surface area contributed by atoms with Crippen LogP contribution in [0.15, 0.2) is 53.0 Å². The van der Waals surface area contributed by atoms with Crippen molar-refractivity contribution in [3.63, 3.8) is 0 Å². The summed E-state index contributed by atoms with van der Waals surface area (Å²) in [4.78, 5) is 0. The summed E-state index contributed by atoms with van der Waals surface area (Å²) in [5.41, 5.74) is 1.82. The summed E-state index contributed by atoms with van der Waals surface area (Å²) in [5.74, 6) is 0.208. The highest BCUT2D eigenvalue weighted by molar-refractivity contribution is 9.10. The van der Waals surface area contributed by atoms with Gasteiger partial charge in [-0.3, -0.25) is 0 Å². The molecule has 0 aromatic heterocycles. The molecule has 0 aliphatic heterocycles. The number of benzene rings is 2. The minimum Gasteiger partial charge on any atom is -0.434 e. The fourth-order valence-corrected chi connectivity index (χ4v) is 2.69. The number of alkyl halides is 2. The fraction of sp³-hybridized carbons (Fsp3) is 0.250. The number of rotatable bonds is 6. The lowest BCUT2D eigenvalue weighted by molar-refractivity contribution is -0.0505. The molecule has 0 aliphatic rings. The van der Waals surface area contributed by atoms with Gasteiger partial charge in [-0.1, -0.05) is 52.3 Å². The van der Waals surface area contributed by atoms with Crippen molar-refractivity contribution < 1.29 is 13.5 Å². The summed E-state index contributed by atoms with van der Waals surface area (Å²) >= 11 is 3.51. The average molecular weight is 356 g/mol. The maximum absolute atomic E-state index is 12.4. The van der Waals surface area contributed by atoms with Crippen molar-refractivity contribution in [3.05, 3.63) is 64.1 Å². The summed E-state index contributed by atoms with van der Waals surface area (Å²) in [6.45, 7) is -0.339. The number of halogens is 3. The average Bonchev–Trinajstić information content (AvgIpc) is 2.46. The van der Waals surface area contributed by atoms with Crippen molar-refractivity contribution >= 4 is 15.9 Å². The van der Waals surface area contributed by atoms with Crippen molar-refractivity contribution in [1.29, 1.82) is 0 Å². The number of hydrogen-bond donors (Lipinski definition) is 1. The molecular weight excluding hydrogens is 340 g/mol. The molecule has 0 saturated carbocycles. The second-order valence-electron chi connectivity index (χ2n) is 4.61. The van der Waals surface area contributed by atoms with Crippen LogP contribution in [0, 0.1) is 0 Å². The lowest BCUT2D eigenvalue weighted by Crippen LogP contribution is -2.19. The molecule has 0 bridgehead atoms. The molecule has 5 heteroatoms. The molecule has 0 amide bonds. The lowest BCUT2D eigenvalue weighted by atomic mass is 10.1. The standard InChI is InChI=1S/C16H16BrF2NO/c1-11(13-7-3-4-8-14(13)17)20-10-12-6-2-5-9-15(12)21-16(18)19/h2-9,11,16,20H,10H2,1H3/t11-/m0/s1. The van der Waals surface area contributed by atoms with Gasteiger partial charge in [0.25, 0.3) is 0 Å². The van der Waals surface area contributed by atoms with Crippen LogP contribution in [0.1, 0.15) is 24.1 Å². The first-order chi connectivity index (χ1) is 10.1. The molecule has 2 rings (SSSR count). The van der Waals surface area contributed by atoms with Crippen LogP contribution >= 0.6 is 15.9 Å². The van der Waals surface area contributed by atoms with E-state index in [1.807, 2.05) is 31.2 Å². The van der Waals surface area contributed by atoms with Gasteiger partial charge in [0, 0.05) is 22.6 Å². The number of para-hydroxylation sites is 1. The molecule has 1 atom stereocenters. The van der Waals surface area contributed by atoms with E-state index in [2.05, 4.69) is 26.0 Å². The van der Waals surface area contributed by atoms with Gasteiger partial charge < -0.3 is 10.1 Å². The van der Waals surface area contributed by atoms with E-state index >= 15 is 0 Å². The van der Waals surface area contributed by atoms with E-state index in [4.69, 9.17) is 0 Å². The predicted octanol–water partition coefficient (Wildman–Crippen LogP) is 4.90. The first-order valence-corrected chi connectivity index (χ1v) is 7.37. The maximum atomic E-state index is 12.4. The van der Waals surface area contributed by atoms with E-state index in [1.165, 1.54) is 0 Å². The Balaban J connectivity index is 2.05. The van der Waals surface area contributed by atoms with Crippen molar-refractivity contribution in [2.24, 2.45) is 0 Å². The molecule has 21 heavy (non-hydrogen) atoms. The number of ether oxygens (including phenoxy) is 1. The van der Waals surface area contributed by atoms with E-state index in [9.17, 15) is 8.78 Å². The van der Waals surface area contributed by atoms with Crippen molar-refractivity contribution in [1.82, 2.24) is 5.32 Å². The molecule has 0 saturated heterocycles. The fourth-order valence-electron chi connectivity index (χ4n) is 2.06. The monoisotopic (exact) mass is 355 g/mol. The third-order valence-corrected chi connectivity index (χ3v) is 3.88. The van der Waals surface area contributed by atoms with Gasteiger partial charge in [-0.25, -0.2) is 0 Å².